The number of amides is 9. The van der Waals surface area contributed by atoms with E-state index in [2.05, 4.69) is 47.5 Å². The SMILES string of the molecule is CC(C)C[C@H](NC(=O)[C@H](CO)NC(=O)CNC(=O)[C@H](CCC(=O)O)NC(=O)[C@H](Cc1ccc(O)cc1)NC(=O)[C@H](CCC(N)=O)NC(=O)[C@H](Cc1ccccc1)NC(=O)[C@H](Cc1ccc(O)cc1)NC(=O)[C@@H](N)CCCN=C(N)N)C(=O)O. The van der Waals surface area contributed by atoms with Gasteiger partial charge in [-0.2, -0.15) is 0 Å². The van der Waals surface area contributed by atoms with Crippen LogP contribution in [0.15, 0.2) is 83.9 Å². The van der Waals surface area contributed by atoms with Crippen LogP contribution in [-0.2, 0) is 72.0 Å². The molecule has 0 aliphatic heterocycles. The van der Waals surface area contributed by atoms with Gasteiger partial charge in [0.05, 0.1) is 19.2 Å². The summed E-state index contributed by atoms with van der Waals surface area (Å²) in [4.78, 5) is 150. The van der Waals surface area contributed by atoms with Crippen molar-refractivity contribution in [1.82, 2.24) is 42.5 Å². The quantitative estimate of drug-likeness (QED) is 0.0151. The van der Waals surface area contributed by atoms with Gasteiger partial charge in [0.2, 0.25) is 53.2 Å². The van der Waals surface area contributed by atoms with E-state index >= 15 is 0 Å². The summed E-state index contributed by atoms with van der Waals surface area (Å²) in [5, 5.41) is 68.1. The second kappa shape index (κ2) is 34.7. The molecule has 0 saturated heterocycles. The number of guanidine groups is 1. The number of carboxylic acids is 2. The molecule has 3 rings (SSSR count). The van der Waals surface area contributed by atoms with Crippen LogP contribution in [-0.4, -0.2) is 165 Å². The Morgan fingerprint density at radius 2 is 0.928 bits per heavy atom. The van der Waals surface area contributed by atoms with Crippen molar-refractivity contribution >= 4 is 71.1 Å². The van der Waals surface area contributed by atoms with Gasteiger partial charge < -0.3 is 91.0 Å². The van der Waals surface area contributed by atoms with Gasteiger partial charge in [0.1, 0.15) is 53.8 Å². The fraction of sp³-hybridized carbons (Fsp3) is 0.444. The van der Waals surface area contributed by atoms with Crippen LogP contribution in [0.5, 0.6) is 11.5 Å². The minimum atomic E-state index is -1.73. The van der Waals surface area contributed by atoms with Gasteiger partial charge in [-0.15, -0.1) is 0 Å². The maximum absolute atomic E-state index is 14.5. The second-order valence-corrected chi connectivity index (χ2v) is 19.8. The van der Waals surface area contributed by atoms with E-state index in [1.54, 1.807) is 44.2 Å². The Labute approximate surface area is 477 Å². The number of primary amides is 1. The Kier molecular flexibility index (Phi) is 28.4. The number of nitrogens with zero attached hydrogens (tertiary/aromatic N) is 1. The van der Waals surface area contributed by atoms with Gasteiger partial charge in [0, 0.05) is 38.6 Å². The van der Waals surface area contributed by atoms with Crippen LogP contribution in [0.4, 0.5) is 0 Å². The van der Waals surface area contributed by atoms with Crippen LogP contribution in [0.25, 0.3) is 0 Å². The van der Waals surface area contributed by atoms with Gasteiger partial charge >= 0.3 is 11.9 Å². The van der Waals surface area contributed by atoms with Crippen molar-refractivity contribution in [3.05, 3.63) is 95.6 Å². The van der Waals surface area contributed by atoms with E-state index in [0.29, 0.717) is 23.1 Å². The first kappa shape index (κ1) is 67.9. The van der Waals surface area contributed by atoms with Crippen LogP contribution >= 0.6 is 0 Å². The van der Waals surface area contributed by atoms with Crippen molar-refractivity contribution in [1.29, 1.82) is 0 Å². The molecule has 452 valence electrons. The monoisotopic (exact) mass is 1160 g/mol. The number of nitrogens with one attached hydrogen (secondary N) is 8. The smallest absolute Gasteiger partial charge is 0.326 e. The first-order valence-corrected chi connectivity index (χ1v) is 26.4. The van der Waals surface area contributed by atoms with E-state index < -0.39 is 152 Å². The zero-order valence-electron chi connectivity index (χ0n) is 45.9. The first-order chi connectivity index (χ1) is 39.2. The van der Waals surface area contributed by atoms with Crippen LogP contribution in [0.2, 0.25) is 0 Å². The molecule has 3 aromatic carbocycles. The molecule has 21 N–H and O–H groups in total. The third-order valence-electron chi connectivity index (χ3n) is 12.4. The number of hydrogen-bond donors (Lipinski definition) is 17. The Hall–Kier alpha value is -9.38. The van der Waals surface area contributed by atoms with Crippen molar-refractivity contribution < 1.29 is 78.3 Å². The number of aliphatic hydroxyl groups is 1. The number of carboxylic acid groups (broad SMARTS) is 2. The number of aliphatic imine (C=N–C) groups is 1. The number of aliphatic carboxylic acids is 2. The molecule has 29 nitrogen and oxygen atoms in total. The molecule has 0 radical (unpaired) electrons. The van der Waals surface area contributed by atoms with Crippen molar-refractivity contribution in [3.63, 3.8) is 0 Å². The summed E-state index contributed by atoms with van der Waals surface area (Å²) < 4.78 is 0. The Morgan fingerprint density at radius 1 is 0.506 bits per heavy atom. The second-order valence-electron chi connectivity index (χ2n) is 19.8. The number of nitrogens with two attached hydrogens (primary N) is 4. The number of carbonyl (C=O) groups is 11. The van der Waals surface area contributed by atoms with E-state index in [0.717, 1.165) is 0 Å². The molecule has 0 aliphatic rings. The number of benzene rings is 3. The van der Waals surface area contributed by atoms with Crippen LogP contribution in [0, 0.1) is 5.92 Å². The van der Waals surface area contributed by atoms with Gasteiger partial charge in [0.15, 0.2) is 5.96 Å². The highest BCUT2D eigenvalue weighted by molar-refractivity contribution is 5.98. The number of rotatable bonds is 36. The van der Waals surface area contributed by atoms with E-state index in [9.17, 15) is 78.3 Å². The number of hydrogen-bond acceptors (Lipinski definition) is 16. The van der Waals surface area contributed by atoms with E-state index in [-0.39, 0.29) is 62.0 Å². The highest BCUT2D eigenvalue weighted by Gasteiger charge is 2.35. The molecule has 0 aromatic heterocycles. The average molecular weight is 1160 g/mol. The van der Waals surface area contributed by atoms with Gasteiger partial charge in [-0.25, -0.2) is 4.79 Å². The molecule has 29 heteroatoms. The van der Waals surface area contributed by atoms with Crippen LogP contribution in [0.1, 0.15) is 75.5 Å². The molecule has 3 aromatic rings. The van der Waals surface area contributed by atoms with E-state index in [1.807, 2.05) is 0 Å². The molecule has 0 heterocycles. The average Bonchev–Trinajstić information content (AvgIpc) is 3.60. The molecular formula is C54H75N13O16. The summed E-state index contributed by atoms with van der Waals surface area (Å²) in [6.45, 7) is 1.71. The number of phenolic OH excluding ortho intramolecular Hbond substituents is 2. The normalized spacial score (nSPS) is 13.8. The molecule has 8 atom stereocenters. The predicted octanol–water partition coefficient (Wildman–Crippen LogP) is -3.73. The van der Waals surface area contributed by atoms with Crippen molar-refractivity contribution in [2.24, 2.45) is 33.8 Å². The maximum Gasteiger partial charge on any atom is 0.326 e. The Balaban J connectivity index is 1.95. The number of aromatic hydroxyl groups is 2. The molecule has 83 heavy (non-hydrogen) atoms. The summed E-state index contributed by atoms with van der Waals surface area (Å²) in [5.41, 5.74) is 23.8. The minimum absolute atomic E-state index is 0.0223. The van der Waals surface area contributed by atoms with E-state index in [1.165, 1.54) is 48.5 Å². The molecule has 0 unspecified atom stereocenters. The Bertz CT molecular complexity index is 2730. The minimum Gasteiger partial charge on any atom is -0.508 e. The number of phenols is 2. The van der Waals surface area contributed by atoms with Crippen molar-refractivity contribution in [2.75, 3.05) is 19.7 Å². The third-order valence-corrected chi connectivity index (χ3v) is 12.4. The summed E-state index contributed by atoms with van der Waals surface area (Å²) in [6, 6.07) is 7.22. The van der Waals surface area contributed by atoms with Gasteiger partial charge in [-0.1, -0.05) is 68.4 Å². The van der Waals surface area contributed by atoms with Gasteiger partial charge in [-0.05, 0) is 79.0 Å². The van der Waals surface area contributed by atoms with Crippen LogP contribution < -0.4 is 65.5 Å². The predicted molar refractivity (Wildman–Crippen MR) is 298 cm³/mol. The zero-order chi connectivity index (χ0) is 61.8. The van der Waals surface area contributed by atoms with E-state index in [4.69, 9.17) is 22.9 Å². The molecule has 0 bridgehead atoms. The molecule has 0 spiro atoms. The van der Waals surface area contributed by atoms with Crippen LogP contribution in [0.3, 0.4) is 0 Å². The summed E-state index contributed by atoms with van der Waals surface area (Å²) in [5.74, 6) is -12.3. The Morgan fingerprint density at radius 3 is 1.37 bits per heavy atom. The lowest BCUT2D eigenvalue weighted by Gasteiger charge is -2.27. The summed E-state index contributed by atoms with van der Waals surface area (Å²) in [7, 11) is 0. The third kappa shape index (κ3) is 25.7. The lowest BCUT2D eigenvalue weighted by Crippen LogP contribution is -2.60. The fourth-order valence-electron chi connectivity index (χ4n) is 8.02. The zero-order valence-corrected chi connectivity index (χ0v) is 45.9. The first-order valence-electron chi connectivity index (χ1n) is 26.4. The largest absolute Gasteiger partial charge is 0.508 e. The molecule has 9 amide bonds. The summed E-state index contributed by atoms with van der Waals surface area (Å²) >= 11 is 0. The highest BCUT2D eigenvalue weighted by atomic mass is 16.4. The topological polar surface area (TPSA) is 502 Å². The molecule has 0 fully saturated rings. The lowest BCUT2D eigenvalue weighted by atomic mass is 10.0. The number of aliphatic hydroxyl groups excluding tert-OH is 1. The van der Waals surface area contributed by atoms with Crippen molar-refractivity contribution in [3.8, 4) is 11.5 Å². The summed E-state index contributed by atoms with van der Waals surface area (Å²) in [6.07, 6.45) is -2.59. The molecule has 0 aliphatic carbocycles. The fourth-order valence-corrected chi connectivity index (χ4v) is 8.02. The number of carbonyl (C=O) groups excluding carboxylic acids is 9. The van der Waals surface area contributed by atoms with Crippen molar-refractivity contribution in [2.45, 2.75) is 126 Å². The standard InChI is InChI=1S/C54H75N13O16/c1-29(2)23-41(53(82)83)67-52(81)42(28-68)61-44(72)27-60-47(76)36(19-21-45(73)74)62-49(78)40(26-32-12-16-34(70)17-13-32)65-48(77)37(18-20-43(56)71)63-50(79)39(24-30-7-4-3-5-8-30)66-51(80)38(25-31-10-14-33(69)15-11-31)64-46(75)35(55)9-6-22-59-54(57)58/h3-5,7-8,10-17,29,35-42,68-70H,6,9,18-28,55H2,1-2H3,(H2,56,71)(H,60,76)(H,61,72)(H,62,78)(H,63,79)(H,64,75)(H,65,77)(H,66,80)(H,67,81)(H,73,74)(H,82,83)(H4,57,58,59)/t35-,36-,37-,38-,39-,40-,41-,42-/m0/s1. The maximum atomic E-state index is 14.5. The molecular weight excluding hydrogens is 1090 g/mol. The lowest BCUT2D eigenvalue weighted by molar-refractivity contribution is -0.143. The molecule has 0 saturated carbocycles. The van der Waals surface area contributed by atoms with Gasteiger partial charge in [-0.3, -0.25) is 52.9 Å². The highest BCUT2D eigenvalue weighted by Crippen LogP contribution is 2.15. The van der Waals surface area contributed by atoms with Gasteiger partial charge in [0.25, 0.3) is 0 Å².